The highest BCUT2D eigenvalue weighted by atomic mass is 32.1. The summed E-state index contributed by atoms with van der Waals surface area (Å²) in [6.45, 7) is 6.75. The molecular formula is C14H17N3O4S. The van der Waals surface area contributed by atoms with Gasteiger partial charge in [0, 0.05) is 0 Å². The van der Waals surface area contributed by atoms with E-state index in [9.17, 15) is 14.4 Å². The van der Waals surface area contributed by atoms with Crippen LogP contribution in [0.3, 0.4) is 0 Å². The van der Waals surface area contributed by atoms with Crippen LogP contribution in [0, 0.1) is 19.8 Å². The summed E-state index contributed by atoms with van der Waals surface area (Å²) in [5, 5.41) is 12.0. The van der Waals surface area contributed by atoms with Crippen molar-refractivity contribution in [1.82, 2.24) is 15.3 Å². The predicted molar refractivity (Wildman–Crippen MR) is 83.4 cm³/mol. The van der Waals surface area contributed by atoms with E-state index in [1.807, 2.05) is 0 Å². The molecule has 0 spiro atoms. The van der Waals surface area contributed by atoms with Crippen molar-refractivity contribution in [2.24, 2.45) is 5.92 Å². The molecule has 2 aromatic rings. The summed E-state index contributed by atoms with van der Waals surface area (Å²) < 4.78 is 0. The largest absolute Gasteiger partial charge is 0.480 e. The standard InChI is InChI=1S/C14H17N3O4S/c1-5(2)9(14(20)21)17-12(19)10-6(3)8-11(18)15-7(4)16-13(8)22-10/h5,9H,1-4H3,(H,17,19)(H,20,21)(H,15,16,18). The van der Waals surface area contributed by atoms with E-state index in [2.05, 4.69) is 15.3 Å². The van der Waals surface area contributed by atoms with Crippen molar-refractivity contribution in [2.45, 2.75) is 33.7 Å². The van der Waals surface area contributed by atoms with Crippen LogP contribution in [0.1, 0.15) is 34.9 Å². The molecule has 2 aromatic heterocycles. The molecule has 0 aliphatic rings. The third-order valence-corrected chi connectivity index (χ3v) is 4.53. The van der Waals surface area contributed by atoms with Gasteiger partial charge in [-0.2, -0.15) is 0 Å². The number of carbonyl (C=O) groups excluding carboxylic acids is 1. The normalized spacial score (nSPS) is 12.6. The van der Waals surface area contributed by atoms with Gasteiger partial charge in [0.25, 0.3) is 11.5 Å². The van der Waals surface area contributed by atoms with Gasteiger partial charge in [-0.3, -0.25) is 9.59 Å². The van der Waals surface area contributed by atoms with Gasteiger partial charge in [-0.1, -0.05) is 13.8 Å². The highest BCUT2D eigenvalue weighted by Gasteiger charge is 2.26. The minimum absolute atomic E-state index is 0.250. The number of amides is 1. The van der Waals surface area contributed by atoms with Crippen molar-refractivity contribution in [3.8, 4) is 0 Å². The first kappa shape index (κ1) is 16.2. The summed E-state index contributed by atoms with van der Waals surface area (Å²) in [5.74, 6) is -1.37. The summed E-state index contributed by atoms with van der Waals surface area (Å²) in [6.07, 6.45) is 0. The fourth-order valence-corrected chi connectivity index (χ4v) is 3.32. The zero-order valence-electron chi connectivity index (χ0n) is 12.7. The van der Waals surface area contributed by atoms with E-state index < -0.39 is 17.9 Å². The quantitative estimate of drug-likeness (QED) is 0.788. The van der Waals surface area contributed by atoms with Crippen LogP contribution in [-0.2, 0) is 4.79 Å². The van der Waals surface area contributed by atoms with Crippen LogP contribution in [0.5, 0.6) is 0 Å². The summed E-state index contributed by atoms with van der Waals surface area (Å²) in [5.41, 5.74) is 0.216. The maximum atomic E-state index is 12.3. The molecule has 0 saturated heterocycles. The van der Waals surface area contributed by atoms with Crippen molar-refractivity contribution < 1.29 is 14.7 Å². The Bertz CT molecular complexity index is 806. The fourth-order valence-electron chi connectivity index (χ4n) is 2.19. The number of nitrogens with one attached hydrogen (secondary N) is 2. The third kappa shape index (κ3) is 2.87. The number of H-pyrrole nitrogens is 1. The number of hydrogen-bond donors (Lipinski definition) is 3. The minimum atomic E-state index is -1.09. The van der Waals surface area contributed by atoms with E-state index in [0.717, 1.165) is 11.3 Å². The van der Waals surface area contributed by atoms with Crippen LogP contribution >= 0.6 is 11.3 Å². The summed E-state index contributed by atoms with van der Waals surface area (Å²) in [7, 11) is 0. The molecule has 8 heteroatoms. The highest BCUT2D eigenvalue weighted by molar-refractivity contribution is 7.20. The number of rotatable bonds is 4. The number of thiophene rings is 1. The second-order valence-electron chi connectivity index (χ2n) is 5.42. The van der Waals surface area contributed by atoms with E-state index in [-0.39, 0.29) is 11.5 Å². The molecule has 0 aliphatic heterocycles. The van der Waals surface area contributed by atoms with E-state index in [1.165, 1.54) is 0 Å². The number of aromatic amines is 1. The van der Waals surface area contributed by atoms with Gasteiger partial charge in [-0.25, -0.2) is 9.78 Å². The summed E-state index contributed by atoms with van der Waals surface area (Å²) >= 11 is 1.09. The van der Waals surface area contributed by atoms with Crippen molar-refractivity contribution in [3.05, 3.63) is 26.6 Å². The Kier molecular flexibility index (Phi) is 4.32. The molecular weight excluding hydrogens is 306 g/mol. The van der Waals surface area contributed by atoms with Crippen LogP contribution < -0.4 is 10.9 Å². The fraction of sp³-hybridized carbons (Fsp3) is 0.429. The van der Waals surface area contributed by atoms with Crippen LogP contribution in [0.4, 0.5) is 0 Å². The van der Waals surface area contributed by atoms with Crippen LogP contribution in [0.2, 0.25) is 0 Å². The number of aryl methyl sites for hydroxylation is 2. The van der Waals surface area contributed by atoms with Gasteiger partial charge in [0.05, 0.1) is 10.3 Å². The number of carboxylic acids is 1. The second kappa shape index (κ2) is 5.88. The molecule has 7 nitrogen and oxygen atoms in total. The summed E-state index contributed by atoms with van der Waals surface area (Å²) in [6, 6.07) is -0.981. The van der Waals surface area contributed by atoms with Gasteiger partial charge < -0.3 is 15.4 Å². The van der Waals surface area contributed by atoms with E-state index in [0.29, 0.717) is 26.5 Å². The van der Waals surface area contributed by atoms with Crippen molar-refractivity contribution in [3.63, 3.8) is 0 Å². The summed E-state index contributed by atoms with van der Waals surface area (Å²) in [4.78, 5) is 43.1. The molecule has 0 radical (unpaired) electrons. The van der Waals surface area contributed by atoms with Crippen molar-refractivity contribution in [1.29, 1.82) is 0 Å². The monoisotopic (exact) mass is 323 g/mol. The molecule has 1 amide bonds. The second-order valence-corrected chi connectivity index (χ2v) is 6.42. The van der Waals surface area contributed by atoms with Gasteiger partial charge >= 0.3 is 5.97 Å². The third-order valence-electron chi connectivity index (χ3n) is 3.34. The molecule has 0 bridgehead atoms. The molecule has 0 fully saturated rings. The number of fused-ring (bicyclic) bond motifs is 1. The van der Waals surface area contributed by atoms with Gasteiger partial charge in [0.2, 0.25) is 0 Å². The van der Waals surface area contributed by atoms with E-state index in [1.54, 1.807) is 27.7 Å². The van der Waals surface area contributed by atoms with Crippen LogP contribution in [-0.4, -0.2) is 33.0 Å². The Balaban J connectivity index is 2.45. The number of aliphatic carboxylic acids is 1. The lowest BCUT2D eigenvalue weighted by atomic mass is 10.0. The van der Waals surface area contributed by atoms with Crippen molar-refractivity contribution in [2.75, 3.05) is 0 Å². The lowest BCUT2D eigenvalue weighted by molar-refractivity contribution is -0.140. The zero-order valence-corrected chi connectivity index (χ0v) is 13.5. The number of aromatic nitrogens is 2. The van der Waals surface area contributed by atoms with Crippen LogP contribution in [0.25, 0.3) is 10.2 Å². The molecule has 0 saturated carbocycles. The lowest BCUT2D eigenvalue weighted by Crippen LogP contribution is -2.44. The van der Waals surface area contributed by atoms with Gasteiger partial charge in [-0.05, 0) is 25.3 Å². The average molecular weight is 323 g/mol. The molecule has 118 valence electrons. The maximum Gasteiger partial charge on any atom is 0.326 e. The maximum absolute atomic E-state index is 12.3. The Morgan fingerprint density at radius 3 is 2.50 bits per heavy atom. The molecule has 0 aliphatic carbocycles. The number of carboxylic acid groups (broad SMARTS) is 1. The van der Waals surface area contributed by atoms with Crippen molar-refractivity contribution >= 4 is 33.4 Å². The zero-order chi connectivity index (χ0) is 16.6. The first-order chi connectivity index (χ1) is 10.2. The van der Waals surface area contributed by atoms with E-state index >= 15 is 0 Å². The lowest BCUT2D eigenvalue weighted by Gasteiger charge is -2.17. The molecule has 22 heavy (non-hydrogen) atoms. The predicted octanol–water partition coefficient (Wildman–Crippen LogP) is 1.44. The first-order valence-corrected chi connectivity index (χ1v) is 7.57. The smallest absolute Gasteiger partial charge is 0.326 e. The number of carbonyl (C=O) groups is 2. The molecule has 0 aromatic carbocycles. The van der Waals surface area contributed by atoms with Crippen LogP contribution in [0.15, 0.2) is 4.79 Å². The molecule has 3 N–H and O–H groups in total. The minimum Gasteiger partial charge on any atom is -0.480 e. The number of nitrogens with zero attached hydrogens (tertiary/aromatic N) is 1. The average Bonchev–Trinajstić information content (AvgIpc) is 2.72. The Morgan fingerprint density at radius 2 is 1.95 bits per heavy atom. The molecule has 1 unspecified atom stereocenters. The SMILES string of the molecule is Cc1nc2sc(C(=O)NC(C(=O)O)C(C)C)c(C)c2c(=O)[nH]1. The van der Waals surface area contributed by atoms with Gasteiger partial charge in [0.1, 0.15) is 16.7 Å². The Labute approximate surface area is 130 Å². The van der Waals surface area contributed by atoms with Gasteiger partial charge in [-0.15, -0.1) is 11.3 Å². The Hall–Kier alpha value is -2.22. The molecule has 1 atom stereocenters. The number of hydrogen-bond acceptors (Lipinski definition) is 5. The van der Waals surface area contributed by atoms with Gasteiger partial charge in [0.15, 0.2) is 0 Å². The molecule has 2 rings (SSSR count). The highest BCUT2D eigenvalue weighted by Crippen LogP contribution is 2.27. The van der Waals surface area contributed by atoms with E-state index in [4.69, 9.17) is 5.11 Å². The first-order valence-electron chi connectivity index (χ1n) is 6.76. The Morgan fingerprint density at radius 1 is 1.32 bits per heavy atom. The topological polar surface area (TPSA) is 112 Å². The molecule has 2 heterocycles.